The summed E-state index contributed by atoms with van der Waals surface area (Å²) in [6.07, 6.45) is 3.23. The first kappa shape index (κ1) is 17.9. The molecule has 0 aliphatic carbocycles. The third kappa shape index (κ3) is 3.74. The van der Waals surface area contributed by atoms with Crippen LogP contribution in [0.15, 0.2) is 35.5 Å². The molecule has 2 aromatic rings. The quantitative estimate of drug-likeness (QED) is 0.854. The number of halogens is 1. The van der Waals surface area contributed by atoms with Crippen LogP contribution in [-0.2, 0) is 29.5 Å². The Morgan fingerprint density at radius 3 is 2.70 bits per heavy atom. The standard InChI is InChI=1S/C15H20N4O2S.ClH/c1-11(16)13-6-4-12(5-7-13)9-18-22(20,21)15-10-17-14-3-2-8-19(14)15;/h4-7,10-11,18H,2-3,8-9,16H2,1H3;1H. The molecule has 126 valence electrons. The Morgan fingerprint density at radius 2 is 2.04 bits per heavy atom. The lowest BCUT2D eigenvalue weighted by Gasteiger charge is -2.10. The zero-order chi connectivity index (χ0) is 15.7. The molecule has 0 radical (unpaired) electrons. The predicted octanol–water partition coefficient (Wildman–Crippen LogP) is 1.75. The lowest BCUT2D eigenvalue weighted by Crippen LogP contribution is -2.25. The summed E-state index contributed by atoms with van der Waals surface area (Å²) in [6.45, 7) is 2.88. The zero-order valence-electron chi connectivity index (χ0n) is 12.9. The maximum Gasteiger partial charge on any atom is 0.258 e. The minimum atomic E-state index is -3.54. The van der Waals surface area contributed by atoms with Gasteiger partial charge in [0, 0.05) is 25.6 Å². The maximum atomic E-state index is 12.4. The van der Waals surface area contributed by atoms with Crippen LogP contribution in [-0.4, -0.2) is 18.0 Å². The summed E-state index contributed by atoms with van der Waals surface area (Å²) in [4.78, 5) is 4.18. The van der Waals surface area contributed by atoms with Crippen molar-refractivity contribution in [2.24, 2.45) is 5.73 Å². The Hall–Kier alpha value is -1.41. The van der Waals surface area contributed by atoms with E-state index in [0.29, 0.717) is 6.54 Å². The molecule has 1 aromatic heterocycles. The van der Waals surface area contributed by atoms with Gasteiger partial charge < -0.3 is 10.3 Å². The number of sulfonamides is 1. The number of nitrogens with zero attached hydrogens (tertiary/aromatic N) is 2. The molecule has 1 unspecified atom stereocenters. The van der Waals surface area contributed by atoms with Crippen molar-refractivity contribution >= 4 is 22.4 Å². The van der Waals surface area contributed by atoms with Gasteiger partial charge in [0.05, 0.1) is 6.20 Å². The Balaban J connectivity index is 0.00000192. The van der Waals surface area contributed by atoms with Gasteiger partial charge in [0.25, 0.3) is 10.0 Å². The summed E-state index contributed by atoms with van der Waals surface area (Å²) in [5, 5.41) is 0.257. The zero-order valence-corrected chi connectivity index (χ0v) is 14.5. The molecule has 3 rings (SSSR count). The molecule has 0 bridgehead atoms. The van der Waals surface area contributed by atoms with Gasteiger partial charge in [0.1, 0.15) is 5.82 Å². The van der Waals surface area contributed by atoms with Crippen molar-refractivity contribution in [3.05, 3.63) is 47.4 Å². The fraction of sp³-hybridized carbons (Fsp3) is 0.400. The van der Waals surface area contributed by atoms with Crippen LogP contribution >= 0.6 is 12.4 Å². The lowest BCUT2D eigenvalue weighted by atomic mass is 10.1. The van der Waals surface area contributed by atoms with Crippen molar-refractivity contribution < 1.29 is 8.42 Å². The second kappa shape index (κ2) is 7.00. The van der Waals surface area contributed by atoms with Crippen LogP contribution in [0, 0.1) is 0 Å². The van der Waals surface area contributed by atoms with Gasteiger partial charge in [-0.1, -0.05) is 24.3 Å². The van der Waals surface area contributed by atoms with E-state index < -0.39 is 10.0 Å². The number of nitrogens with two attached hydrogens (primary N) is 1. The Labute approximate surface area is 142 Å². The monoisotopic (exact) mass is 356 g/mol. The third-order valence-electron chi connectivity index (χ3n) is 3.93. The van der Waals surface area contributed by atoms with Crippen molar-refractivity contribution in [3.63, 3.8) is 0 Å². The minimum Gasteiger partial charge on any atom is -0.324 e. The van der Waals surface area contributed by atoms with Crippen LogP contribution in [0.1, 0.15) is 36.3 Å². The van der Waals surface area contributed by atoms with E-state index in [2.05, 4.69) is 9.71 Å². The molecule has 2 heterocycles. The van der Waals surface area contributed by atoms with Gasteiger partial charge in [-0.25, -0.2) is 18.1 Å². The number of fused-ring (bicyclic) bond motifs is 1. The van der Waals surface area contributed by atoms with E-state index in [-0.39, 0.29) is 30.0 Å². The van der Waals surface area contributed by atoms with E-state index in [4.69, 9.17) is 5.73 Å². The Morgan fingerprint density at radius 1 is 1.35 bits per heavy atom. The molecule has 1 aliphatic rings. The van der Waals surface area contributed by atoms with E-state index >= 15 is 0 Å². The maximum absolute atomic E-state index is 12.4. The SMILES string of the molecule is CC(N)c1ccc(CNS(=O)(=O)c2cnc3n2CCC3)cc1.Cl. The normalized spacial score (nSPS) is 15.0. The number of aryl methyl sites for hydroxylation is 1. The topological polar surface area (TPSA) is 90.0 Å². The van der Waals surface area contributed by atoms with Crippen LogP contribution in [0.2, 0.25) is 0 Å². The number of hydrogen-bond donors (Lipinski definition) is 2. The predicted molar refractivity (Wildman–Crippen MR) is 90.9 cm³/mol. The molecule has 0 saturated heterocycles. The number of hydrogen-bond acceptors (Lipinski definition) is 4. The second-order valence-electron chi connectivity index (χ2n) is 5.62. The van der Waals surface area contributed by atoms with Crippen molar-refractivity contribution in [1.82, 2.24) is 14.3 Å². The van der Waals surface area contributed by atoms with E-state index in [1.165, 1.54) is 6.20 Å². The summed E-state index contributed by atoms with van der Waals surface area (Å²) < 4.78 is 29.2. The van der Waals surface area contributed by atoms with Crippen LogP contribution in [0.4, 0.5) is 0 Å². The highest BCUT2D eigenvalue weighted by atomic mass is 35.5. The molecule has 0 spiro atoms. The molecule has 1 aromatic carbocycles. The number of benzene rings is 1. The first-order chi connectivity index (χ1) is 10.5. The highest BCUT2D eigenvalue weighted by Crippen LogP contribution is 2.20. The third-order valence-corrected chi connectivity index (χ3v) is 5.33. The van der Waals surface area contributed by atoms with Crippen molar-refractivity contribution in [3.8, 4) is 0 Å². The fourth-order valence-corrected chi connectivity index (χ4v) is 3.82. The van der Waals surface area contributed by atoms with Crippen LogP contribution in [0.25, 0.3) is 0 Å². The fourth-order valence-electron chi connectivity index (χ4n) is 2.64. The molecule has 1 atom stereocenters. The smallest absolute Gasteiger partial charge is 0.258 e. The van der Waals surface area contributed by atoms with Crippen molar-refractivity contribution in [2.75, 3.05) is 0 Å². The van der Waals surface area contributed by atoms with Crippen molar-refractivity contribution in [2.45, 2.75) is 43.9 Å². The molecule has 6 nitrogen and oxygen atoms in total. The Kier molecular flexibility index (Phi) is 5.46. The molecular weight excluding hydrogens is 336 g/mol. The molecule has 0 saturated carbocycles. The van der Waals surface area contributed by atoms with Gasteiger partial charge in [0.15, 0.2) is 5.03 Å². The van der Waals surface area contributed by atoms with Crippen LogP contribution < -0.4 is 10.5 Å². The highest BCUT2D eigenvalue weighted by Gasteiger charge is 2.24. The first-order valence-electron chi connectivity index (χ1n) is 7.36. The van der Waals surface area contributed by atoms with E-state index in [1.54, 1.807) is 4.57 Å². The largest absolute Gasteiger partial charge is 0.324 e. The summed E-state index contributed by atoms with van der Waals surface area (Å²) >= 11 is 0. The van der Waals surface area contributed by atoms with Gasteiger partial charge in [-0.15, -0.1) is 12.4 Å². The van der Waals surface area contributed by atoms with Gasteiger partial charge in [-0.3, -0.25) is 0 Å². The van der Waals surface area contributed by atoms with Crippen molar-refractivity contribution in [1.29, 1.82) is 0 Å². The first-order valence-corrected chi connectivity index (χ1v) is 8.84. The number of imidazole rings is 1. The minimum absolute atomic E-state index is 0. The molecule has 8 heteroatoms. The average molecular weight is 357 g/mol. The molecule has 0 amide bonds. The van der Waals surface area contributed by atoms with E-state index in [0.717, 1.165) is 29.8 Å². The number of aromatic nitrogens is 2. The average Bonchev–Trinajstić information content (AvgIpc) is 3.08. The molecular formula is C15H21ClN4O2S. The highest BCUT2D eigenvalue weighted by molar-refractivity contribution is 7.89. The van der Waals surface area contributed by atoms with Gasteiger partial charge in [-0.05, 0) is 24.5 Å². The second-order valence-corrected chi connectivity index (χ2v) is 7.34. The summed E-state index contributed by atoms with van der Waals surface area (Å²) in [5.41, 5.74) is 7.73. The molecule has 3 N–H and O–H groups in total. The lowest BCUT2D eigenvalue weighted by molar-refractivity contribution is 0.564. The summed E-state index contributed by atoms with van der Waals surface area (Å²) in [6, 6.07) is 7.60. The Bertz CT molecular complexity index is 769. The van der Waals surface area contributed by atoms with Gasteiger partial charge >= 0.3 is 0 Å². The summed E-state index contributed by atoms with van der Waals surface area (Å²) in [5.74, 6) is 0.849. The number of nitrogens with one attached hydrogen (secondary N) is 1. The molecule has 1 aliphatic heterocycles. The van der Waals surface area contributed by atoms with Gasteiger partial charge in [0.2, 0.25) is 0 Å². The molecule has 23 heavy (non-hydrogen) atoms. The summed E-state index contributed by atoms with van der Waals surface area (Å²) in [7, 11) is -3.54. The van der Waals surface area contributed by atoms with E-state index in [9.17, 15) is 8.42 Å². The van der Waals surface area contributed by atoms with E-state index in [1.807, 2.05) is 31.2 Å². The van der Waals surface area contributed by atoms with Crippen LogP contribution in [0.3, 0.4) is 0 Å². The van der Waals surface area contributed by atoms with Crippen LogP contribution in [0.5, 0.6) is 0 Å². The molecule has 0 fully saturated rings. The number of rotatable bonds is 5. The van der Waals surface area contributed by atoms with Gasteiger partial charge in [-0.2, -0.15) is 0 Å².